The maximum Gasteiger partial charge on any atom is 0.261 e. The molecule has 0 saturated heterocycles. The first-order valence-corrected chi connectivity index (χ1v) is 11.9. The van der Waals surface area contributed by atoms with Crippen molar-refractivity contribution in [3.8, 4) is 0 Å². The molecule has 8 nitrogen and oxygen atoms in total. The fourth-order valence-corrected chi connectivity index (χ4v) is 4.95. The zero-order valence-electron chi connectivity index (χ0n) is 19.5. The Labute approximate surface area is 203 Å². The molecule has 1 aromatic heterocycles. The van der Waals surface area contributed by atoms with E-state index in [2.05, 4.69) is 20.6 Å². The highest BCUT2D eigenvalue weighted by atomic mass is 16.2. The Morgan fingerprint density at radius 3 is 2.29 bits per heavy atom. The molecule has 5 rings (SSSR count). The summed E-state index contributed by atoms with van der Waals surface area (Å²) in [5.41, 5.74) is 3.31. The van der Waals surface area contributed by atoms with Crippen LogP contribution in [0.2, 0.25) is 0 Å². The maximum absolute atomic E-state index is 13.2. The van der Waals surface area contributed by atoms with E-state index < -0.39 is 0 Å². The van der Waals surface area contributed by atoms with Gasteiger partial charge in [-0.25, -0.2) is 9.97 Å². The molecule has 2 N–H and O–H groups in total. The first kappa shape index (κ1) is 22.7. The molecule has 2 unspecified atom stereocenters. The number of benzene rings is 2. The second-order valence-electron chi connectivity index (χ2n) is 9.15. The molecule has 1 aliphatic carbocycles. The highest BCUT2D eigenvalue weighted by Gasteiger charge is 2.40. The Kier molecular flexibility index (Phi) is 6.27. The second kappa shape index (κ2) is 9.66. The maximum atomic E-state index is 13.2. The lowest BCUT2D eigenvalue weighted by molar-refractivity contribution is -0.122. The molecule has 2 heterocycles. The molecule has 3 amide bonds. The highest BCUT2D eigenvalue weighted by Crippen LogP contribution is 2.34. The molecule has 1 saturated carbocycles. The Balaban J connectivity index is 1.24. The van der Waals surface area contributed by atoms with E-state index in [0.717, 1.165) is 37.1 Å². The van der Waals surface area contributed by atoms with E-state index in [0.29, 0.717) is 22.6 Å². The molecule has 3 aromatic rings. The van der Waals surface area contributed by atoms with Crippen LogP contribution in [-0.4, -0.2) is 39.1 Å². The molecular formula is C27H27N5O3. The van der Waals surface area contributed by atoms with Crippen LogP contribution in [-0.2, 0) is 4.79 Å². The number of anilines is 3. The Morgan fingerprint density at radius 2 is 1.60 bits per heavy atom. The molecular weight excluding hydrogens is 442 g/mol. The lowest BCUT2D eigenvalue weighted by Gasteiger charge is -2.32. The summed E-state index contributed by atoms with van der Waals surface area (Å²) in [5, 5.41) is 6.24. The van der Waals surface area contributed by atoms with Crippen molar-refractivity contribution in [2.45, 2.75) is 32.6 Å². The molecule has 0 bridgehead atoms. The number of imide groups is 1. The fourth-order valence-electron chi connectivity index (χ4n) is 4.95. The molecule has 0 spiro atoms. The predicted molar refractivity (Wildman–Crippen MR) is 132 cm³/mol. The van der Waals surface area contributed by atoms with Crippen molar-refractivity contribution in [2.24, 2.45) is 11.8 Å². The number of amides is 3. The van der Waals surface area contributed by atoms with Crippen LogP contribution in [0.15, 0.2) is 60.9 Å². The number of carbonyl (C=O) groups is 3. The minimum atomic E-state index is -0.266. The zero-order chi connectivity index (χ0) is 24.4. The monoisotopic (exact) mass is 469 g/mol. The van der Waals surface area contributed by atoms with E-state index in [1.807, 2.05) is 37.3 Å². The number of carbonyl (C=O) groups excluding carboxylic acids is 3. The summed E-state index contributed by atoms with van der Waals surface area (Å²) >= 11 is 0. The Bertz CT molecular complexity index is 1240. The van der Waals surface area contributed by atoms with Gasteiger partial charge in [-0.2, -0.15) is 0 Å². The lowest BCUT2D eigenvalue weighted by Crippen LogP contribution is -2.41. The van der Waals surface area contributed by atoms with Crippen LogP contribution in [0, 0.1) is 18.8 Å². The van der Waals surface area contributed by atoms with Crippen molar-refractivity contribution in [3.63, 3.8) is 0 Å². The third-order valence-electron chi connectivity index (χ3n) is 6.77. The minimum absolute atomic E-state index is 0.0621. The molecule has 1 fully saturated rings. The molecule has 0 radical (unpaired) electrons. The van der Waals surface area contributed by atoms with Crippen molar-refractivity contribution in [1.29, 1.82) is 0 Å². The molecule has 2 aromatic carbocycles. The van der Waals surface area contributed by atoms with Gasteiger partial charge in [-0.15, -0.1) is 0 Å². The minimum Gasteiger partial charge on any atom is -0.340 e. The number of nitrogens with one attached hydrogen (secondary N) is 2. The summed E-state index contributed by atoms with van der Waals surface area (Å²) < 4.78 is 0. The van der Waals surface area contributed by atoms with Gasteiger partial charge >= 0.3 is 0 Å². The smallest absolute Gasteiger partial charge is 0.261 e. The standard InChI is InChI=1S/C27H27N5O3/c1-17-14-24(29-16-28-17)30-19-10-12-20(13-11-19)31-25(33)21-7-3-2-6-18(21)15-32-26(34)22-8-4-5-9-23(22)27(32)35/h4-5,8-14,16,18,21H,2-3,6-7,15H2,1H3,(H,31,33)(H,28,29,30). The third-order valence-corrected chi connectivity index (χ3v) is 6.77. The number of aryl methyl sites for hydroxylation is 1. The van der Waals surface area contributed by atoms with E-state index in [9.17, 15) is 14.4 Å². The fraction of sp³-hybridized carbons (Fsp3) is 0.296. The van der Waals surface area contributed by atoms with Crippen LogP contribution in [0.3, 0.4) is 0 Å². The predicted octanol–water partition coefficient (Wildman–Crippen LogP) is 4.57. The number of fused-ring (bicyclic) bond motifs is 1. The number of hydrogen-bond acceptors (Lipinski definition) is 6. The molecule has 1 aliphatic heterocycles. The van der Waals surface area contributed by atoms with Crippen LogP contribution < -0.4 is 10.6 Å². The van der Waals surface area contributed by atoms with Crippen LogP contribution in [0.4, 0.5) is 17.2 Å². The third kappa shape index (κ3) is 4.77. The summed E-state index contributed by atoms with van der Waals surface area (Å²) in [6.45, 7) is 2.17. The van der Waals surface area contributed by atoms with Gasteiger partial charge < -0.3 is 10.6 Å². The number of hydrogen-bond donors (Lipinski definition) is 2. The van der Waals surface area contributed by atoms with Gasteiger partial charge in [0.1, 0.15) is 12.1 Å². The molecule has 2 atom stereocenters. The van der Waals surface area contributed by atoms with Crippen molar-refractivity contribution < 1.29 is 14.4 Å². The quantitative estimate of drug-likeness (QED) is 0.513. The summed E-state index contributed by atoms with van der Waals surface area (Å²) in [7, 11) is 0. The van der Waals surface area contributed by atoms with Gasteiger partial charge in [0, 0.05) is 35.6 Å². The topological polar surface area (TPSA) is 104 Å². The van der Waals surface area contributed by atoms with E-state index >= 15 is 0 Å². The number of aromatic nitrogens is 2. The van der Waals surface area contributed by atoms with Crippen molar-refractivity contribution in [1.82, 2.24) is 14.9 Å². The van der Waals surface area contributed by atoms with E-state index in [4.69, 9.17) is 0 Å². The summed E-state index contributed by atoms with van der Waals surface area (Å²) in [4.78, 5) is 48.5. The van der Waals surface area contributed by atoms with E-state index in [1.54, 1.807) is 24.3 Å². The van der Waals surface area contributed by atoms with E-state index in [1.165, 1.54) is 11.2 Å². The Hall–Kier alpha value is -4.07. The molecule has 2 aliphatic rings. The number of nitrogens with zero attached hydrogens (tertiary/aromatic N) is 3. The van der Waals surface area contributed by atoms with Crippen molar-refractivity contribution in [2.75, 3.05) is 17.2 Å². The largest absolute Gasteiger partial charge is 0.340 e. The van der Waals surface area contributed by atoms with Crippen LogP contribution in [0.25, 0.3) is 0 Å². The normalized spacial score (nSPS) is 19.4. The zero-order valence-corrected chi connectivity index (χ0v) is 19.5. The second-order valence-corrected chi connectivity index (χ2v) is 9.15. The van der Waals surface area contributed by atoms with Gasteiger partial charge in [0.15, 0.2) is 0 Å². The van der Waals surface area contributed by atoms with Gasteiger partial charge in [0.25, 0.3) is 11.8 Å². The van der Waals surface area contributed by atoms with E-state index in [-0.39, 0.29) is 36.1 Å². The highest BCUT2D eigenvalue weighted by molar-refractivity contribution is 6.21. The van der Waals surface area contributed by atoms with Crippen LogP contribution in [0.5, 0.6) is 0 Å². The van der Waals surface area contributed by atoms with Crippen molar-refractivity contribution >= 4 is 34.9 Å². The Morgan fingerprint density at radius 1 is 0.943 bits per heavy atom. The average molecular weight is 470 g/mol. The molecule has 35 heavy (non-hydrogen) atoms. The molecule has 178 valence electrons. The lowest BCUT2D eigenvalue weighted by atomic mass is 9.78. The van der Waals surface area contributed by atoms with Gasteiger partial charge in [0.2, 0.25) is 5.91 Å². The van der Waals surface area contributed by atoms with Crippen LogP contribution in [0.1, 0.15) is 52.1 Å². The summed E-state index contributed by atoms with van der Waals surface area (Å²) in [6.07, 6.45) is 5.01. The SMILES string of the molecule is Cc1cc(Nc2ccc(NC(=O)C3CCCCC3CN3C(=O)c4ccccc4C3=O)cc2)ncn1. The van der Waals surface area contributed by atoms with Crippen molar-refractivity contribution in [3.05, 3.63) is 77.7 Å². The summed E-state index contributed by atoms with van der Waals surface area (Å²) in [5.74, 6) is -0.219. The van der Waals surface area contributed by atoms with Gasteiger partial charge in [-0.3, -0.25) is 19.3 Å². The number of rotatable bonds is 6. The van der Waals surface area contributed by atoms with Gasteiger partial charge in [0.05, 0.1) is 11.1 Å². The first-order valence-electron chi connectivity index (χ1n) is 11.9. The summed E-state index contributed by atoms with van der Waals surface area (Å²) in [6, 6.07) is 16.2. The van der Waals surface area contributed by atoms with Gasteiger partial charge in [-0.05, 0) is 62.1 Å². The van der Waals surface area contributed by atoms with Gasteiger partial charge in [-0.1, -0.05) is 25.0 Å². The first-order chi connectivity index (χ1) is 17.0. The van der Waals surface area contributed by atoms with Crippen LogP contribution >= 0.6 is 0 Å². The molecule has 8 heteroatoms. The average Bonchev–Trinajstić information content (AvgIpc) is 3.10.